The molecule has 110 valence electrons. The zero-order chi connectivity index (χ0) is 14.5. The second-order valence-electron chi connectivity index (χ2n) is 3.64. The van der Waals surface area contributed by atoms with Gasteiger partial charge in [0, 0.05) is 12.3 Å². The van der Waals surface area contributed by atoms with Gasteiger partial charge < -0.3 is 18.9 Å². The Morgan fingerprint density at radius 1 is 1.05 bits per heavy atom. The van der Waals surface area contributed by atoms with Gasteiger partial charge >= 0.3 is 0 Å². The Kier molecular flexibility index (Phi) is 9.15. The van der Waals surface area contributed by atoms with Crippen molar-refractivity contribution in [3.05, 3.63) is 24.3 Å². The van der Waals surface area contributed by atoms with Crippen LogP contribution >= 0.6 is 0 Å². The van der Waals surface area contributed by atoms with E-state index in [1.54, 1.807) is 6.07 Å². The van der Waals surface area contributed by atoms with Gasteiger partial charge in [0.2, 0.25) is 5.95 Å². The third kappa shape index (κ3) is 8.43. The van der Waals surface area contributed by atoms with E-state index < -0.39 is 5.95 Å². The summed E-state index contributed by atoms with van der Waals surface area (Å²) in [5, 5.41) is 0. The van der Waals surface area contributed by atoms with E-state index in [2.05, 4.69) is 10.9 Å². The minimum atomic E-state index is -0.566. The molecular weight excluding hydrogens is 265 g/mol. The number of hydrogen-bond acceptors (Lipinski definition) is 5. The molecule has 5 nitrogen and oxygen atoms in total. The van der Waals surface area contributed by atoms with Gasteiger partial charge in [0.1, 0.15) is 19.0 Å². The largest absolute Gasteiger partial charge is 0.491 e. The van der Waals surface area contributed by atoms with E-state index in [9.17, 15) is 4.39 Å². The first-order valence-electron chi connectivity index (χ1n) is 6.24. The Morgan fingerprint density at radius 3 is 2.35 bits per heavy atom. The first-order chi connectivity index (χ1) is 9.83. The zero-order valence-electron chi connectivity index (χ0n) is 11.2. The fourth-order valence-corrected chi connectivity index (χ4v) is 1.26. The minimum absolute atomic E-state index is 0.298. The lowest BCUT2D eigenvalue weighted by Crippen LogP contribution is -2.12. The number of nitrogens with zero attached hydrogens (tertiary/aromatic N) is 1. The Morgan fingerprint density at radius 2 is 1.70 bits per heavy atom. The first-order valence-corrected chi connectivity index (χ1v) is 6.24. The number of pyridine rings is 1. The van der Waals surface area contributed by atoms with Gasteiger partial charge in [0.05, 0.1) is 33.0 Å². The average Bonchev–Trinajstić information content (AvgIpc) is 2.45. The van der Waals surface area contributed by atoms with Crippen molar-refractivity contribution in [1.29, 1.82) is 0 Å². The maximum absolute atomic E-state index is 12.7. The molecule has 1 aromatic rings. The molecule has 0 saturated carbocycles. The van der Waals surface area contributed by atoms with Gasteiger partial charge in [-0.25, -0.2) is 4.98 Å². The summed E-state index contributed by atoms with van der Waals surface area (Å²) in [6.45, 7) is 2.94. The number of aromatic nitrogens is 1. The molecular formula is C14H18FNO4. The van der Waals surface area contributed by atoms with E-state index >= 15 is 0 Å². The molecule has 0 aliphatic heterocycles. The second kappa shape index (κ2) is 11.2. The Hall–Kier alpha value is -1.68. The number of rotatable bonds is 11. The molecule has 1 heterocycles. The van der Waals surface area contributed by atoms with Crippen molar-refractivity contribution in [2.75, 3.05) is 46.2 Å². The Labute approximate surface area is 118 Å². The third-order valence-corrected chi connectivity index (χ3v) is 2.12. The summed E-state index contributed by atoms with van der Waals surface area (Å²) in [4.78, 5) is 3.43. The smallest absolute Gasteiger partial charge is 0.216 e. The predicted molar refractivity (Wildman–Crippen MR) is 71.0 cm³/mol. The summed E-state index contributed by atoms with van der Waals surface area (Å²) in [7, 11) is 0. The van der Waals surface area contributed by atoms with Crippen molar-refractivity contribution in [1.82, 2.24) is 4.98 Å². The molecule has 1 rings (SSSR count). The van der Waals surface area contributed by atoms with Crippen LogP contribution in [-0.4, -0.2) is 51.2 Å². The number of hydrogen-bond donors (Lipinski definition) is 0. The van der Waals surface area contributed by atoms with Crippen molar-refractivity contribution in [3.8, 4) is 18.1 Å². The minimum Gasteiger partial charge on any atom is -0.491 e. The van der Waals surface area contributed by atoms with Gasteiger partial charge in [-0.2, -0.15) is 4.39 Å². The quantitative estimate of drug-likeness (QED) is 0.348. The zero-order valence-corrected chi connectivity index (χ0v) is 11.2. The summed E-state index contributed by atoms with van der Waals surface area (Å²) in [6.07, 6.45) is 6.36. The molecule has 0 aromatic carbocycles. The van der Waals surface area contributed by atoms with Crippen LogP contribution in [0.15, 0.2) is 18.3 Å². The van der Waals surface area contributed by atoms with Gasteiger partial charge in [0.25, 0.3) is 0 Å². The molecule has 1 aromatic heterocycles. The lowest BCUT2D eigenvalue weighted by Gasteiger charge is -2.07. The SMILES string of the molecule is C#CCOCCOCCOCCOc1ccnc(F)c1. The Bertz CT molecular complexity index is 408. The molecule has 20 heavy (non-hydrogen) atoms. The molecule has 0 bridgehead atoms. The van der Waals surface area contributed by atoms with E-state index in [0.717, 1.165) is 0 Å². The molecule has 0 N–H and O–H groups in total. The van der Waals surface area contributed by atoms with Crippen molar-refractivity contribution < 1.29 is 23.3 Å². The van der Waals surface area contributed by atoms with Crippen LogP contribution in [0.25, 0.3) is 0 Å². The summed E-state index contributed by atoms with van der Waals surface area (Å²) < 4.78 is 33.6. The summed E-state index contributed by atoms with van der Waals surface area (Å²) in [5.41, 5.74) is 0. The van der Waals surface area contributed by atoms with Crippen LogP contribution < -0.4 is 4.74 Å². The lowest BCUT2D eigenvalue weighted by molar-refractivity contribution is 0.0141. The first kappa shape index (κ1) is 16.4. The number of ether oxygens (including phenoxy) is 4. The summed E-state index contributed by atoms with van der Waals surface area (Å²) >= 11 is 0. The number of halogens is 1. The second-order valence-corrected chi connectivity index (χ2v) is 3.64. The monoisotopic (exact) mass is 283 g/mol. The molecule has 0 radical (unpaired) electrons. The molecule has 0 saturated heterocycles. The lowest BCUT2D eigenvalue weighted by atomic mass is 10.4. The van der Waals surface area contributed by atoms with E-state index in [-0.39, 0.29) is 0 Å². The molecule has 0 amide bonds. The molecule has 6 heteroatoms. The van der Waals surface area contributed by atoms with Crippen LogP contribution in [0.3, 0.4) is 0 Å². The van der Waals surface area contributed by atoms with Crippen molar-refractivity contribution >= 4 is 0 Å². The van der Waals surface area contributed by atoms with Crippen LogP contribution in [0.2, 0.25) is 0 Å². The molecule has 0 fully saturated rings. The Balaban J connectivity index is 1.87. The maximum Gasteiger partial charge on any atom is 0.216 e. The van der Waals surface area contributed by atoms with Crippen molar-refractivity contribution in [3.63, 3.8) is 0 Å². The highest BCUT2D eigenvalue weighted by Crippen LogP contribution is 2.09. The van der Waals surface area contributed by atoms with Gasteiger partial charge in [-0.3, -0.25) is 0 Å². The fourth-order valence-electron chi connectivity index (χ4n) is 1.26. The van der Waals surface area contributed by atoms with E-state index in [0.29, 0.717) is 52.0 Å². The standard InChI is InChI=1S/C14H18FNO4/c1-2-5-17-6-7-18-8-9-19-10-11-20-13-3-4-16-14(15)12-13/h1,3-4,12H,5-11H2. The van der Waals surface area contributed by atoms with E-state index in [4.69, 9.17) is 25.4 Å². The third-order valence-electron chi connectivity index (χ3n) is 2.12. The van der Waals surface area contributed by atoms with Gasteiger partial charge in [-0.15, -0.1) is 6.42 Å². The van der Waals surface area contributed by atoms with Gasteiger partial charge in [-0.1, -0.05) is 5.92 Å². The van der Waals surface area contributed by atoms with E-state index in [1.165, 1.54) is 12.3 Å². The molecule has 0 aliphatic rings. The summed E-state index contributed by atoms with van der Waals surface area (Å²) in [5.74, 6) is 2.23. The topological polar surface area (TPSA) is 49.8 Å². The normalized spacial score (nSPS) is 10.2. The van der Waals surface area contributed by atoms with Crippen LogP contribution in [0.5, 0.6) is 5.75 Å². The maximum atomic E-state index is 12.7. The molecule has 0 unspecified atom stereocenters. The van der Waals surface area contributed by atoms with Crippen LogP contribution in [0.1, 0.15) is 0 Å². The highest BCUT2D eigenvalue weighted by Gasteiger charge is 1.97. The molecule has 0 atom stereocenters. The number of terminal acetylenes is 1. The highest BCUT2D eigenvalue weighted by atomic mass is 19.1. The van der Waals surface area contributed by atoms with Crippen molar-refractivity contribution in [2.24, 2.45) is 0 Å². The van der Waals surface area contributed by atoms with Crippen LogP contribution in [-0.2, 0) is 14.2 Å². The summed E-state index contributed by atoms with van der Waals surface area (Å²) in [6, 6.07) is 2.81. The fraction of sp³-hybridized carbons (Fsp3) is 0.500. The van der Waals surface area contributed by atoms with E-state index in [1.807, 2.05) is 0 Å². The predicted octanol–water partition coefficient (Wildman–Crippen LogP) is 1.28. The van der Waals surface area contributed by atoms with Gasteiger partial charge in [-0.05, 0) is 6.07 Å². The van der Waals surface area contributed by atoms with Gasteiger partial charge in [0.15, 0.2) is 0 Å². The van der Waals surface area contributed by atoms with Crippen LogP contribution in [0.4, 0.5) is 4.39 Å². The molecule has 0 spiro atoms. The average molecular weight is 283 g/mol. The van der Waals surface area contributed by atoms with Crippen molar-refractivity contribution in [2.45, 2.75) is 0 Å². The molecule has 0 aliphatic carbocycles. The van der Waals surface area contributed by atoms with Crippen LogP contribution in [0, 0.1) is 18.3 Å². The highest BCUT2D eigenvalue weighted by molar-refractivity contribution is 5.17.